The van der Waals surface area contributed by atoms with Crippen LogP contribution in [0.25, 0.3) is 0 Å². The van der Waals surface area contributed by atoms with Crippen LogP contribution in [0.1, 0.15) is 54.8 Å². The van der Waals surface area contributed by atoms with E-state index in [1.54, 1.807) is 12.3 Å². The fraction of sp³-hybridized carbons (Fsp3) is 0.393. The summed E-state index contributed by atoms with van der Waals surface area (Å²) in [7, 11) is 0. The Morgan fingerprint density at radius 3 is 2.61 bits per heavy atom. The molecule has 2 saturated heterocycles. The number of hydrazine groups is 1. The standard InChI is InChI=1S/C28H33N3O5/c1-4-12-36-22-11-9-18(15-23(22)34-5-2)27-24-25(20-14-17(3)8-10-21(20)32)29-30-26(24)28(33)31(27)16-19-7-6-13-35-19/h6-11,13-15,24-27,29-30,32H,4-5,12,16H2,1-3H3. The second-order valence-corrected chi connectivity index (χ2v) is 9.36. The topological polar surface area (TPSA) is 96.2 Å². The number of phenolic OH excluding ortho intramolecular Hbond substituents is 1. The molecular formula is C28H33N3O5. The number of carbonyl (C=O) groups is 1. The first-order valence-electron chi connectivity index (χ1n) is 12.5. The van der Waals surface area contributed by atoms with Crippen LogP contribution in [0.5, 0.6) is 17.2 Å². The Labute approximate surface area is 211 Å². The van der Waals surface area contributed by atoms with Crippen molar-refractivity contribution in [1.82, 2.24) is 15.8 Å². The summed E-state index contributed by atoms with van der Waals surface area (Å²) in [6.07, 6.45) is 2.51. The Morgan fingerprint density at radius 2 is 1.86 bits per heavy atom. The number of amides is 1. The number of phenols is 1. The van der Waals surface area contributed by atoms with Crippen LogP contribution in [-0.4, -0.2) is 35.2 Å². The smallest absolute Gasteiger partial charge is 0.242 e. The number of hydrogen-bond acceptors (Lipinski definition) is 7. The van der Waals surface area contributed by atoms with E-state index in [9.17, 15) is 9.90 Å². The Bertz CT molecular complexity index is 1210. The van der Waals surface area contributed by atoms with Gasteiger partial charge in [-0.15, -0.1) is 0 Å². The van der Waals surface area contributed by atoms with Crippen LogP contribution in [0.4, 0.5) is 0 Å². The number of hydrogen-bond donors (Lipinski definition) is 3. The number of nitrogens with zero attached hydrogens (tertiary/aromatic N) is 1. The molecule has 8 nitrogen and oxygen atoms in total. The van der Waals surface area contributed by atoms with E-state index in [4.69, 9.17) is 13.9 Å². The van der Waals surface area contributed by atoms with Gasteiger partial charge in [-0.3, -0.25) is 4.79 Å². The van der Waals surface area contributed by atoms with Gasteiger partial charge in [0, 0.05) is 11.5 Å². The van der Waals surface area contributed by atoms with Crippen molar-refractivity contribution in [3.8, 4) is 17.2 Å². The van der Waals surface area contributed by atoms with Crippen molar-refractivity contribution >= 4 is 5.91 Å². The molecule has 0 saturated carbocycles. The molecule has 4 atom stereocenters. The highest BCUT2D eigenvalue weighted by Gasteiger charge is 2.56. The van der Waals surface area contributed by atoms with E-state index >= 15 is 0 Å². The molecule has 5 rings (SSSR count). The number of ether oxygens (including phenoxy) is 2. The molecule has 190 valence electrons. The highest BCUT2D eigenvalue weighted by Crippen LogP contribution is 2.50. The van der Waals surface area contributed by atoms with E-state index in [1.807, 2.05) is 61.2 Å². The van der Waals surface area contributed by atoms with Crippen LogP contribution in [0.2, 0.25) is 0 Å². The lowest BCUT2D eigenvalue weighted by Gasteiger charge is -2.31. The number of aromatic hydroxyl groups is 1. The van der Waals surface area contributed by atoms with Crippen molar-refractivity contribution in [3.05, 3.63) is 77.2 Å². The first kappa shape index (κ1) is 24.2. The van der Waals surface area contributed by atoms with Gasteiger partial charge in [0.05, 0.1) is 38.1 Å². The number of nitrogens with one attached hydrogen (secondary N) is 2. The van der Waals surface area contributed by atoms with Gasteiger partial charge in [-0.25, -0.2) is 10.9 Å². The summed E-state index contributed by atoms with van der Waals surface area (Å²) in [5.74, 6) is 2.06. The molecular weight excluding hydrogens is 458 g/mol. The Balaban J connectivity index is 1.59. The maximum atomic E-state index is 13.7. The first-order chi connectivity index (χ1) is 17.5. The molecule has 3 aromatic rings. The summed E-state index contributed by atoms with van der Waals surface area (Å²) in [6.45, 7) is 7.44. The zero-order valence-electron chi connectivity index (χ0n) is 20.9. The van der Waals surface area contributed by atoms with Crippen LogP contribution < -0.4 is 20.3 Å². The number of aryl methyl sites for hydroxylation is 1. The van der Waals surface area contributed by atoms with Gasteiger partial charge < -0.3 is 23.9 Å². The van der Waals surface area contributed by atoms with Crippen LogP contribution in [0.3, 0.4) is 0 Å². The summed E-state index contributed by atoms with van der Waals surface area (Å²) in [5, 5.41) is 10.7. The first-order valence-corrected chi connectivity index (χ1v) is 12.5. The van der Waals surface area contributed by atoms with Gasteiger partial charge in [-0.1, -0.05) is 30.7 Å². The quantitative estimate of drug-likeness (QED) is 0.408. The zero-order valence-corrected chi connectivity index (χ0v) is 20.9. The number of likely N-dealkylation sites (tertiary alicyclic amines) is 1. The summed E-state index contributed by atoms with van der Waals surface area (Å²) < 4.78 is 17.5. The maximum Gasteiger partial charge on any atom is 0.242 e. The molecule has 4 unspecified atom stereocenters. The van der Waals surface area contributed by atoms with Crippen molar-refractivity contribution in [2.45, 2.75) is 51.9 Å². The molecule has 1 amide bonds. The second-order valence-electron chi connectivity index (χ2n) is 9.36. The molecule has 36 heavy (non-hydrogen) atoms. The Kier molecular flexibility index (Phi) is 6.89. The predicted octanol–water partition coefficient (Wildman–Crippen LogP) is 4.40. The normalized spacial score (nSPS) is 23.2. The number of rotatable bonds is 9. The average molecular weight is 492 g/mol. The largest absolute Gasteiger partial charge is 0.508 e. The number of fused-ring (bicyclic) bond motifs is 1. The maximum absolute atomic E-state index is 13.7. The lowest BCUT2D eigenvalue weighted by atomic mass is 9.82. The third-order valence-electron chi connectivity index (χ3n) is 6.91. The van der Waals surface area contributed by atoms with Crippen LogP contribution in [-0.2, 0) is 11.3 Å². The Morgan fingerprint density at radius 1 is 1.03 bits per heavy atom. The average Bonchev–Trinajstić information content (AvgIpc) is 3.60. The molecule has 0 spiro atoms. The lowest BCUT2D eigenvalue weighted by molar-refractivity contribution is -0.131. The lowest BCUT2D eigenvalue weighted by Crippen LogP contribution is -2.41. The molecule has 2 aromatic carbocycles. The fourth-order valence-corrected chi connectivity index (χ4v) is 5.34. The molecule has 1 aromatic heterocycles. The minimum Gasteiger partial charge on any atom is -0.508 e. The predicted molar refractivity (Wildman–Crippen MR) is 135 cm³/mol. The van der Waals surface area contributed by atoms with E-state index < -0.39 is 6.04 Å². The molecule has 0 bridgehead atoms. The highest BCUT2D eigenvalue weighted by molar-refractivity contribution is 5.86. The Hall–Kier alpha value is -3.49. The van der Waals surface area contributed by atoms with Crippen LogP contribution in [0, 0.1) is 12.8 Å². The molecule has 3 heterocycles. The summed E-state index contributed by atoms with van der Waals surface area (Å²) >= 11 is 0. The zero-order chi connectivity index (χ0) is 25.2. The monoisotopic (exact) mass is 491 g/mol. The minimum absolute atomic E-state index is 0.0205. The van der Waals surface area contributed by atoms with Crippen molar-refractivity contribution in [2.75, 3.05) is 13.2 Å². The van der Waals surface area contributed by atoms with Crippen molar-refractivity contribution in [3.63, 3.8) is 0 Å². The fourth-order valence-electron chi connectivity index (χ4n) is 5.34. The van der Waals surface area contributed by atoms with E-state index in [0.717, 1.165) is 23.1 Å². The van der Waals surface area contributed by atoms with Crippen molar-refractivity contribution < 1.29 is 23.8 Å². The number of carbonyl (C=O) groups excluding carboxylic acids is 1. The number of benzene rings is 2. The molecule has 0 radical (unpaired) electrons. The molecule has 8 heteroatoms. The third-order valence-corrected chi connectivity index (χ3v) is 6.91. The minimum atomic E-state index is -0.457. The van der Waals surface area contributed by atoms with E-state index in [1.165, 1.54) is 0 Å². The van der Waals surface area contributed by atoms with Crippen molar-refractivity contribution in [1.29, 1.82) is 0 Å². The van der Waals surface area contributed by atoms with Gasteiger partial charge in [0.15, 0.2) is 11.5 Å². The third kappa shape index (κ3) is 4.42. The van der Waals surface area contributed by atoms with Gasteiger partial charge in [0.2, 0.25) is 5.91 Å². The molecule has 2 aliphatic heterocycles. The summed E-state index contributed by atoms with van der Waals surface area (Å²) in [4.78, 5) is 15.6. The van der Waals surface area contributed by atoms with E-state index in [-0.39, 0.29) is 29.7 Å². The summed E-state index contributed by atoms with van der Waals surface area (Å²) in [6, 6.07) is 14.1. The van der Waals surface area contributed by atoms with Gasteiger partial charge in [-0.05, 0) is 56.2 Å². The van der Waals surface area contributed by atoms with Crippen LogP contribution >= 0.6 is 0 Å². The van der Waals surface area contributed by atoms with E-state index in [2.05, 4.69) is 17.8 Å². The summed E-state index contributed by atoms with van der Waals surface area (Å²) in [5.41, 5.74) is 9.25. The molecule has 2 aliphatic rings. The SMILES string of the molecule is CCCOc1ccc(C2C3C(NNC3c3cc(C)ccc3O)C(=O)N2Cc2ccco2)cc1OCC. The van der Waals surface area contributed by atoms with Crippen LogP contribution in [0.15, 0.2) is 59.2 Å². The van der Waals surface area contributed by atoms with Gasteiger partial charge >= 0.3 is 0 Å². The van der Waals surface area contributed by atoms with Gasteiger partial charge in [0.25, 0.3) is 0 Å². The van der Waals surface area contributed by atoms with E-state index in [0.29, 0.717) is 37.0 Å². The van der Waals surface area contributed by atoms with Crippen molar-refractivity contribution in [2.24, 2.45) is 5.92 Å². The molecule has 0 aliphatic carbocycles. The molecule has 3 N–H and O–H groups in total. The highest BCUT2D eigenvalue weighted by atomic mass is 16.5. The van der Waals surface area contributed by atoms with Gasteiger partial charge in [-0.2, -0.15) is 0 Å². The number of furan rings is 1. The van der Waals surface area contributed by atoms with Gasteiger partial charge in [0.1, 0.15) is 17.6 Å². The second kappa shape index (κ2) is 10.2. The molecule has 2 fully saturated rings.